The molecular weight excluding hydrogens is 591 g/mol. The molecule has 0 saturated heterocycles. The van der Waals surface area contributed by atoms with Crippen LogP contribution in [0.2, 0.25) is 0 Å². The van der Waals surface area contributed by atoms with Gasteiger partial charge in [0, 0.05) is 36.9 Å². The Hall–Kier alpha value is -5.97. The fourth-order valence-electron chi connectivity index (χ4n) is 4.74. The highest BCUT2D eigenvalue weighted by molar-refractivity contribution is 7.26. The summed E-state index contributed by atoms with van der Waals surface area (Å²) in [6, 6.07) is -22.9. The lowest BCUT2D eigenvalue weighted by Crippen LogP contribution is -2.00. The van der Waals surface area contributed by atoms with Crippen LogP contribution in [-0.2, 0) is 0 Å². The van der Waals surface area contributed by atoms with E-state index < -0.39 is 225 Å². The summed E-state index contributed by atoms with van der Waals surface area (Å²) in [5, 5.41) is -1.20. The largest absolute Gasteiger partial charge is 0.208 e. The van der Waals surface area contributed by atoms with E-state index in [0.717, 1.165) is 0 Å². The Morgan fingerprint density at radius 2 is 0.851 bits per heavy atom. The summed E-state index contributed by atoms with van der Waals surface area (Å²) in [4.78, 5) is 12.7. The van der Waals surface area contributed by atoms with Crippen molar-refractivity contribution in [3.8, 4) is 56.4 Å². The third-order valence-corrected chi connectivity index (χ3v) is 7.84. The summed E-state index contributed by atoms with van der Waals surface area (Å²) in [7, 11) is 0. The van der Waals surface area contributed by atoms with Gasteiger partial charge in [-0.2, -0.15) is 0 Å². The Kier molecular flexibility index (Phi) is 2.77. The molecule has 47 heavy (non-hydrogen) atoms. The molecule has 0 radical (unpaired) electrons. The Morgan fingerprint density at radius 3 is 1.51 bits per heavy atom. The van der Waals surface area contributed by atoms with E-state index in [1.54, 1.807) is 0 Å². The summed E-state index contributed by atoms with van der Waals surface area (Å²) in [5.74, 6) is -2.59. The summed E-state index contributed by atoms with van der Waals surface area (Å²) >= 11 is 0.668. The van der Waals surface area contributed by atoms with Crippen LogP contribution in [0.3, 0.4) is 0 Å². The van der Waals surface area contributed by atoms with Crippen molar-refractivity contribution in [1.82, 2.24) is 15.0 Å². The van der Waals surface area contributed by atoms with Gasteiger partial charge in [0.05, 0.1) is 37.0 Å². The number of fused-ring (bicyclic) bond motifs is 5. The van der Waals surface area contributed by atoms with Crippen LogP contribution in [-0.4, -0.2) is 15.0 Å². The van der Waals surface area contributed by atoms with E-state index in [0.29, 0.717) is 11.3 Å². The molecule has 220 valence electrons. The molecule has 7 aromatic carbocycles. The van der Waals surface area contributed by atoms with Crippen molar-refractivity contribution in [1.29, 1.82) is 0 Å². The van der Waals surface area contributed by atoms with E-state index in [9.17, 15) is 6.85 Å². The maximum atomic E-state index is 9.44. The minimum absolute atomic E-state index is 0.123. The molecule has 0 atom stereocenters. The van der Waals surface area contributed by atoms with Crippen molar-refractivity contribution < 1.29 is 37.0 Å². The van der Waals surface area contributed by atoms with Crippen LogP contribution in [0, 0.1) is 0 Å². The molecule has 9 aromatic rings. The van der Waals surface area contributed by atoms with Crippen LogP contribution in [0.4, 0.5) is 0 Å². The molecule has 0 spiro atoms. The van der Waals surface area contributed by atoms with Gasteiger partial charge in [-0.1, -0.05) is 151 Å². The SMILES string of the molecule is [2H]c1c([2H])c([2H])c(-c2nc(-c3c([2H])c([2H])c(-c4c([2H])c([2H])c([2H])c([2H])c4[2H])c([2H])c3[2H])nc(-c3c([2H])c([2H])c(-c4c([2H])c([2H])c([2H])c5sc6c([2H])c([2H])c7c([2H])c([2H])c([2H])c([2H])c7c6c45)c([2H])c3[2H])n2)c([2H])c1[2H]. The number of aromatic nitrogens is 3. The smallest absolute Gasteiger partial charge is 0.164 e. The zero-order chi connectivity index (χ0) is 54.7. The molecule has 4 heteroatoms. The average Bonchev–Trinajstić information content (AvgIpc) is 3.76. The molecule has 0 fully saturated rings. The highest BCUT2D eigenvalue weighted by atomic mass is 32.1. The van der Waals surface area contributed by atoms with Crippen LogP contribution in [0.5, 0.6) is 0 Å². The van der Waals surface area contributed by atoms with Gasteiger partial charge in [-0.05, 0) is 45.1 Å². The Labute approximate surface area is 314 Å². The summed E-state index contributed by atoms with van der Waals surface area (Å²) in [5.41, 5.74) is -5.04. The van der Waals surface area contributed by atoms with Gasteiger partial charge in [-0.15, -0.1) is 11.3 Å². The van der Waals surface area contributed by atoms with Gasteiger partial charge in [0.15, 0.2) is 17.5 Å². The van der Waals surface area contributed by atoms with E-state index in [2.05, 4.69) is 15.0 Å². The molecule has 2 aromatic heterocycles. The normalized spacial score (nSPS) is 19.4. The minimum Gasteiger partial charge on any atom is -0.208 e. The van der Waals surface area contributed by atoms with Gasteiger partial charge in [-0.3, -0.25) is 0 Å². The molecular formula is C43H27N3S. The second-order valence-corrected chi connectivity index (χ2v) is 10.6. The van der Waals surface area contributed by atoms with Crippen molar-refractivity contribution in [2.45, 2.75) is 0 Å². The van der Waals surface area contributed by atoms with Gasteiger partial charge in [0.2, 0.25) is 0 Å². The number of hydrogen-bond acceptors (Lipinski definition) is 4. The summed E-state index contributed by atoms with van der Waals surface area (Å²) < 4.78 is 236. The Balaban J connectivity index is 1.40. The predicted molar refractivity (Wildman–Crippen MR) is 197 cm³/mol. The highest BCUT2D eigenvalue weighted by Gasteiger charge is 2.16. The molecule has 0 amide bonds. The molecule has 0 aliphatic carbocycles. The van der Waals surface area contributed by atoms with Gasteiger partial charge in [0.1, 0.15) is 0 Å². The molecule has 0 N–H and O–H groups in total. The van der Waals surface area contributed by atoms with Crippen molar-refractivity contribution in [3.63, 3.8) is 0 Å². The quantitative estimate of drug-likeness (QED) is 0.187. The Bertz CT molecular complexity index is 4000. The van der Waals surface area contributed by atoms with Crippen molar-refractivity contribution in [3.05, 3.63) is 163 Å². The number of benzene rings is 7. The van der Waals surface area contributed by atoms with Crippen molar-refractivity contribution in [2.24, 2.45) is 0 Å². The van der Waals surface area contributed by atoms with E-state index in [-0.39, 0.29) is 25.6 Å². The summed E-state index contributed by atoms with van der Waals surface area (Å²) in [6.45, 7) is 0. The lowest BCUT2D eigenvalue weighted by atomic mass is 9.96. The molecule has 2 heterocycles. The van der Waals surface area contributed by atoms with E-state index >= 15 is 0 Å². The molecule has 0 aliphatic heterocycles. The van der Waals surface area contributed by atoms with Gasteiger partial charge >= 0.3 is 0 Å². The second kappa shape index (κ2) is 11.4. The molecule has 9 rings (SSSR count). The number of thiophene rings is 1. The lowest BCUT2D eigenvalue weighted by Gasteiger charge is -2.10. The van der Waals surface area contributed by atoms with Crippen LogP contribution in [0.15, 0.2) is 163 Å². The zero-order valence-corrected chi connectivity index (χ0v) is 24.1. The van der Waals surface area contributed by atoms with E-state index in [1.165, 1.54) is 0 Å². The maximum absolute atomic E-state index is 9.44. The average molecular weight is 645 g/mol. The van der Waals surface area contributed by atoms with Crippen LogP contribution >= 0.6 is 11.3 Å². The third-order valence-electron chi connectivity index (χ3n) is 6.82. The monoisotopic (exact) mass is 644 g/mol. The number of rotatable bonds is 5. The first-order chi connectivity index (χ1) is 34.5. The fourth-order valence-corrected chi connectivity index (χ4v) is 5.77. The maximum Gasteiger partial charge on any atom is 0.164 e. The third kappa shape index (κ3) is 4.96. The molecule has 3 nitrogen and oxygen atoms in total. The van der Waals surface area contributed by atoms with Gasteiger partial charge in [0.25, 0.3) is 0 Å². The van der Waals surface area contributed by atoms with Gasteiger partial charge in [-0.25, -0.2) is 15.0 Å². The van der Waals surface area contributed by atoms with Crippen molar-refractivity contribution in [2.75, 3.05) is 0 Å². The number of nitrogens with zero attached hydrogens (tertiary/aromatic N) is 3. The molecule has 0 unspecified atom stereocenters. The zero-order valence-electron chi connectivity index (χ0n) is 50.2. The molecule has 0 bridgehead atoms. The van der Waals surface area contributed by atoms with Crippen LogP contribution in [0.1, 0.15) is 37.0 Å². The van der Waals surface area contributed by atoms with E-state index in [4.69, 9.17) is 30.2 Å². The lowest BCUT2D eigenvalue weighted by molar-refractivity contribution is 1.07. The predicted octanol–water partition coefficient (Wildman–Crippen LogP) is 11.7. The first kappa shape index (κ1) is 11.4. The topological polar surface area (TPSA) is 38.7 Å². The second-order valence-electron chi connectivity index (χ2n) is 9.57. The van der Waals surface area contributed by atoms with Crippen LogP contribution < -0.4 is 0 Å². The number of hydrogen-bond donors (Lipinski definition) is 0. The van der Waals surface area contributed by atoms with Crippen molar-refractivity contribution >= 4 is 42.3 Å². The first-order valence-electron chi connectivity index (χ1n) is 27.0. The van der Waals surface area contributed by atoms with E-state index in [1.807, 2.05) is 0 Å². The summed E-state index contributed by atoms with van der Waals surface area (Å²) in [6.07, 6.45) is 0. The van der Waals surface area contributed by atoms with Crippen LogP contribution in [0.25, 0.3) is 87.4 Å². The minimum atomic E-state index is -1.02. The van der Waals surface area contributed by atoms with Gasteiger partial charge < -0.3 is 0 Å². The molecule has 0 aliphatic rings. The standard InChI is InChI=1S/C43H27N3S/c1-3-10-28(11-4-1)29-18-22-33(23-19-29)42-44-41(32-13-5-2-6-14-32)45-43(46-42)34-24-20-31(21-25-34)36-16-9-17-37-39(36)40-35-15-8-7-12-30(35)26-27-38(40)47-37/h1-27H/i1D,2D,3D,4D,5D,6D,7D,8D,9D,10D,11D,12D,13D,14D,15D,16D,17D,18D,19D,20D,21D,22D,23D,24D,25D,26D,27D. The fraction of sp³-hybridized carbons (Fsp3) is 0. The Morgan fingerprint density at radius 1 is 0.362 bits per heavy atom. The molecule has 0 saturated carbocycles. The highest BCUT2D eigenvalue weighted by Crippen LogP contribution is 2.43. The first-order valence-corrected chi connectivity index (χ1v) is 14.3.